The molecule has 55 heavy (non-hydrogen) atoms. The number of primary amides is 1. The normalized spacial score (nSPS) is 24.9. The van der Waals surface area contributed by atoms with Crippen LogP contribution in [0.5, 0.6) is 5.75 Å². The van der Waals surface area contributed by atoms with Gasteiger partial charge in [0.15, 0.2) is 0 Å². The number of benzene rings is 4. The quantitative estimate of drug-likeness (QED) is 0.200. The molecule has 0 aromatic heterocycles. The number of imide groups is 1. The van der Waals surface area contributed by atoms with Gasteiger partial charge in [-0.15, -0.1) is 0 Å². The number of rotatable bonds is 10. The molecule has 0 radical (unpaired) electrons. The van der Waals surface area contributed by atoms with Crippen LogP contribution in [0.3, 0.4) is 0 Å². The molecular formula is C42H42N4O9. The molecule has 4 N–H and O–H groups in total. The average molecular weight is 747 g/mol. The molecule has 0 saturated carbocycles. The van der Waals surface area contributed by atoms with Crippen LogP contribution in [-0.4, -0.2) is 72.2 Å². The van der Waals surface area contributed by atoms with Crippen LogP contribution in [0.4, 0.5) is 10.5 Å². The van der Waals surface area contributed by atoms with Gasteiger partial charge in [0, 0.05) is 0 Å². The lowest BCUT2D eigenvalue weighted by atomic mass is 9.65. The van der Waals surface area contributed by atoms with Gasteiger partial charge in [0.05, 0.1) is 37.4 Å². The molecule has 4 aromatic rings. The number of amides is 4. The van der Waals surface area contributed by atoms with Crippen LogP contribution in [-0.2, 0) is 34.1 Å². The molecule has 3 aliphatic heterocycles. The van der Waals surface area contributed by atoms with Crippen LogP contribution in [0.15, 0.2) is 109 Å². The number of carbonyl (C=O) groups is 5. The second-order valence-corrected chi connectivity index (χ2v) is 14.2. The van der Waals surface area contributed by atoms with Crippen LogP contribution < -0.4 is 20.7 Å². The number of aliphatic hydroxyl groups is 1. The third-order valence-corrected chi connectivity index (χ3v) is 10.8. The third-order valence-electron chi connectivity index (χ3n) is 10.8. The number of methoxy groups -OCH3 is 1. The topological polar surface area (TPSA) is 178 Å². The molecule has 2 fully saturated rings. The number of hydrogen-bond donors (Lipinski definition) is 3. The van der Waals surface area contributed by atoms with Crippen molar-refractivity contribution < 1.29 is 43.3 Å². The van der Waals surface area contributed by atoms with Crippen molar-refractivity contribution in [2.75, 3.05) is 25.2 Å². The number of ether oxygens (including phenoxy) is 3. The molecule has 4 amide bonds. The minimum Gasteiger partial charge on any atom is -0.491 e. The number of nitrogens with zero attached hydrogens (tertiary/aromatic N) is 2. The molecule has 0 bridgehead atoms. The molecular weight excluding hydrogens is 704 g/mol. The predicted octanol–water partition coefficient (Wildman–Crippen LogP) is 4.12. The minimum absolute atomic E-state index is 0.0164. The number of anilines is 1. The van der Waals surface area contributed by atoms with Crippen LogP contribution in [0, 0.1) is 11.8 Å². The number of morpholine rings is 1. The Kier molecular flexibility index (Phi) is 10.2. The van der Waals surface area contributed by atoms with Crippen molar-refractivity contribution in [3.8, 4) is 5.75 Å². The second kappa shape index (κ2) is 15.0. The zero-order valence-corrected chi connectivity index (χ0v) is 30.5. The molecule has 4 aromatic carbocycles. The highest BCUT2D eigenvalue weighted by molar-refractivity contribution is 6.25. The highest BCUT2D eigenvalue weighted by Crippen LogP contribution is 2.65. The average Bonchev–Trinajstić information content (AvgIpc) is 3.66. The molecule has 3 heterocycles. The summed E-state index contributed by atoms with van der Waals surface area (Å²) in [4.78, 5) is 74.5. The van der Waals surface area contributed by atoms with Gasteiger partial charge < -0.3 is 30.4 Å². The number of para-hydroxylation sites is 1. The van der Waals surface area contributed by atoms with E-state index in [1.165, 1.54) is 7.11 Å². The molecule has 13 heteroatoms. The van der Waals surface area contributed by atoms with Crippen molar-refractivity contribution in [2.45, 2.75) is 49.5 Å². The summed E-state index contributed by atoms with van der Waals surface area (Å²) in [5, 5.41) is 12.3. The summed E-state index contributed by atoms with van der Waals surface area (Å²) in [5.74, 6) is -4.85. The first kappa shape index (κ1) is 37.3. The van der Waals surface area contributed by atoms with E-state index in [2.05, 4.69) is 5.32 Å². The molecule has 1 spiro atoms. The Bertz CT molecular complexity index is 2110. The number of urea groups is 1. The Balaban J connectivity index is 1.52. The van der Waals surface area contributed by atoms with E-state index in [9.17, 15) is 24.3 Å². The lowest BCUT2D eigenvalue weighted by Gasteiger charge is -2.46. The van der Waals surface area contributed by atoms with Crippen molar-refractivity contribution in [1.29, 1.82) is 0 Å². The molecule has 0 aliphatic carbocycles. The minimum atomic E-state index is -1.99. The van der Waals surface area contributed by atoms with Crippen molar-refractivity contribution in [1.82, 2.24) is 10.2 Å². The Morgan fingerprint density at radius 2 is 1.51 bits per heavy atom. The number of aliphatic hydroxyl groups excluding tert-OH is 1. The number of cyclic esters (lactones) is 1. The van der Waals surface area contributed by atoms with Gasteiger partial charge in [0.25, 0.3) is 0 Å². The monoisotopic (exact) mass is 746 g/mol. The lowest BCUT2D eigenvalue weighted by Crippen LogP contribution is -2.57. The van der Waals surface area contributed by atoms with Crippen molar-refractivity contribution in [3.63, 3.8) is 0 Å². The summed E-state index contributed by atoms with van der Waals surface area (Å²) >= 11 is 0. The van der Waals surface area contributed by atoms with Gasteiger partial charge in [0.1, 0.15) is 36.0 Å². The van der Waals surface area contributed by atoms with E-state index in [1.54, 1.807) is 62.4 Å². The lowest BCUT2D eigenvalue weighted by molar-refractivity contribution is -0.178. The van der Waals surface area contributed by atoms with E-state index in [-0.39, 0.29) is 24.5 Å². The first-order valence-corrected chi connectivity index (χ1v) is 18.1. The molecule has 7 rings (SSSR count). The van der Waals surface area contributed by atoms with E-state index in [4.69, 9.17) is 19.9 Å². The number of nitrogens with one attached hydrogen (secondary N) is 1. The maximum Gasteiger partial charge on any atom is 0.329 e. The Morgan fingerprint density at radius 1 is 0.873 bits per heavy atom. The predicted molar refractivity (Wildman–Crippen MR) is 199 cm³/mol. The second-order valence-electron chi connectivity index (χ2n) is 14.2. The SMILES string of the molecule is COC(=O)C(NC(=O)N1C(=O)C2(c3ccccc31)C(C(N)=O)C1C(=O)OC(c3ccccc3)C(c3ccccc3)N1C2c1cccc(OCCO)c1)C(C)C. The maximum atomic E-state index is 15.7. The summed E-state index contributed by atoms with van der Waals surface area (Å²) in [6, 6.07) is 26.7. The molecule has 7 atom stereocenters. The number of carbonyl (C=O) groups excluding carboxylic acids is 5. The number of hydrogen-bond acceptors (Lipinski definition) is 10. The Labute approximate surface area is 318 Å². The summed E-state index contributed by atoms with van der Waals surface area (Å²) in [6.45, 7) is 3.18. The van der Waals surface area contributed by atoms with E-state index < -0.39 is 77.3 Å². The van der Waals surface area contributed by atoms with Gasteiger partial charge in [-0.3, -0.25) is 19.3 Å². The first-order valence-electron chi connectivity index (χ1n) is 18.1. The van der Waals surface area contributed by atoms with Crippen LogP contribution in [0.1, 0.15) is 54.3 Å². The molecule has 13 nitrogen and oxygen atoms in total. The van der Waals surface area contributed by atoms with Gasteiger partial charge in [-0.2, -0.15) is 0 Å². The fourth-order valence-corrected chi connectivity index (χ4v) is 8.65. The van der Waals surface area contributed by atoms with E-state index in [1.807, 2.05) is 65.6 Å². The molecule has 2 saturated heterocycles. The standard InChI is InChI=1S/C42H42N4O9/c1-24(2)32(38(49)53-3)44-41(52)45-30-20-11-10-19-29(30)42(40(45)51)31(37(43)48)34-39(50)55-35(26-15-8-5-9-16-26)33(25-13-6-4-7-14-25)46(34)36(42)27-17-12-18-28(23-27)54-22-21-47/h4-20,23-24,31-36,47H,21-22H2,1-3H3,(H2,43,48)(H,44,52). The van der Waals surface area contributed by atoms with Gasteiger partial charge in [-0.1, -0.05) is 105 Å². The summed E-state index contributed by atoms with van der Waals surface area (Å²) in [6.07, 6.45) is -0.898. The fraction of sp³-hybridized carbons (Fsp3) is 0.310. The fourth-order valence-electron chi connectivity index (χ4n) is 8.65. The Hall–Kier alpha value is -6.05. The van der Waals surface area contributed by atoms with E-state index in [0.29, 0.717) is 16.9 Å². The molecule has 284 valence electrons. The van der Waals surface area contributed by atoms with Crippen molar-refractivity contribution in [3.05, 3.63) is 131 Å². The van der Waals surface area contributed by atoms with Crippen molar-refractivity contribution in [2.24, 2.45) is 17.6 Å². The summed E-state index contributed by atoms with van der Waals surface area (Å²) in [7, 11) is 1.20. The number of esters is 2. The largest absolute Gasteiger partial charge is 0.491 e. The molecule has 3 aliphatic rings. The van der Waals surface area contributed by atoms with Gasteiger partial charge in [-0.25, -0.2) is 14.5 Å². The van der Waals surface area contributed by atoms with Gasteiger partial charge in [-0.05, 0) is 46.4 Å². The third kappa shape index (κ3) is 6.09. The van der Waals surface area contributed by atoms with Gasteiger partial charge >= 0.3 is 18.0 Å². The smallest absolute Gasteiger partial charge is 0.329 e. The molecule has 7 unspecified atom stereocenters. The summed E-state index contributed by atoms with van der Waals surface area (Å²) in [5.41, 5.74) is 6.70. The van der Waals surface area contributed by atoms with Gasteiger partial charge in [0.2, 0.25) is 11.8 Å². The highest BCUT2D eigenvalue weighted by Gasteiger charge is 2.75. The summed E-state index contributed by atoms with van der Waals surface area (Å²) < 4.78 is 17.1. The number of nitrogens with two attached hydrogens (primary N) is 1. The van der Waals surface area contributed by atoms with Crippen LogP contribution in [0.2, 0.25) is 0 Å². The zero-order valence-electron chi connectivity index (χ0n) is 30.5. The highest BCUT2D eigenvalue weighted by atomic mass is 16.6. The number of fused-ring (bicyclic) bond motifs is 3. The maximum absolute atomic E-state index is 15.7. The Morgan fingerprint density at radius 3 is 2.15 bits per heavy atom. The van der Waals surface area contributed by atoms with E-state index >= 15 is 4.79 Å². The van der Waals surface area contributed by atoms with E-state index in [0.717, 1.165) is 10.5 Å². The first-order chi connectivity index (χ1) is 26.6. The zero-order chi connectivity index (χ0) is 39.0. The van der Waals surface area contributed by atoms with Crippen LogP contribution in [0.25, 0.3) is 0 Å². The van der Waals surface area contributed by atoms with Crippen LogP contribution >= 0.6 is 0 Å². The van der Waals surface area contributed by atoms with Crippen molar-refractivity contribution >= 4 is 35.5 Å².